The number of hydrogen-bond donors (Lipinski definition) is 2. The molecule has 17 heavy (non-hydrogen) atoms. The van der Waals surface area contributed by atoms with Gasteiger partial charge in [0, 0.05) is 6.04 Å². The summed E-state index contributed by atoms with van der Waals surface area (Å²) in [7, 11) is 0. The van der Waals surface area contributed by atoms with E-state index in [2.05, 4.69) is 13.0 Å². The summed E-state index contributed by atoms with van der Waals surface area (Å²) in [5.41, 5.74) is 7.30. The van der Waals surface area contributed by atoms with E-state index in [0.717, 1.165) is 25.0 Å². The Morgan fingerprint density at radius 1 is 1.47 bits per heavy atom. The molecule has 0 aromatic heterocycles. The third-order valence-corrected chi connectivity index (χ3v) is 3.37. The Labute approximate surface area is 103 Å². The van der Waals surface area contributed by atoms with Gasteiger partial charge in [-0.25, -0.2) is 0 Å². The molecular formula is C14H21NO2. The van der Waals surface area contributed by atoms with Gasteiger partial charge in [-0.1, -0.05) is 19.1 Å². The number of ether oxygens (including phenoxy) is 1. The summed E-state index contributed by atoms with van der Waals surface area (Å²) in [6.07, 6.45) is 3.02. The van der Waals surface area contributed by atoms with Gasteiger partial charge in [-0.3, -0.25) is 0 Å². The van der Waals surface area contributed by atoms with Crippen molar-refractivity contribution < 1.29 is 9.84 Å². The van der Waals surface area contributed by atoms with Crippen LogP contribution in [0.15, 0.2) is 24.3 Å². The van der Waals surface area contributed by atoms with Crippen molar-refractivity contribution >= 4 is 0 Å². The molecule has 2 atom stereocenters. The summed E-state index contributed by atoms with van der Waals surface area (Å²) in [6.45, 7) is 2.09. The second-order valence-corrected chi connectivity index (χ2v) is 4.75. The van der Waals surface area contributed by atoms with Gasteiger partial charge in [0.05, 0.1) is 6.61 Å². The van der Waals surface area contributed by atoms with Gasteiger partial charge in [-0.2, -0.15) is 0 Å². The first-order valence-corrected chi connectivity index (χ1v) is 6.36. The molecule has 3 N–H and O–H groups in total. The van der Waals surface area contributed by atoms with Crippen LogP contribution in [0.1, 0.15) is 25.3 Å². The second-order valence-electron chi connectivity index (χ2n) is 4.75. The van der Waals surface area contributed by atoms with Gasteiger partial charge in [-0.15, -0.1) is 0 Å². The standard InChI is InChI=1S/C14H21NO2/c1-2-10-4-3-5-12(8-10)17-13(9-16)14(15)11-6-7-11/h3-5,8,11,13-14,16H,2,6-7,9,15H2,1H3. The molecule has 0 bridgehead atoms. The lowest BCUT2D eigenvalue weighted by Gasteiger charge is -2.23. The van der Waals surface area contributed by atoms with Crippen molar-refractivity contribution in [3.63, 3.8) is 0 Å². The van der Waals surface area contributed by atoms with Crippen molar-refractivity contribution in [2.45, 2.75) is 38.3 Å². The predicted molar refractivity (Wildman–Crippen MR) is 68.0 cm³/mol. The molecule has 94 valence electrons. The lowest BCUT2D eigenvalue weighted by atomic mass is 10.1. The van der Waals surface area contributed by atoms with E-state index in [1.54, 1.807) is 0 Å². The molecule has 1 aliphatic rings. The molecule has 0 spiro atoms. The van der Waals surface area contributed by atoms with Crippen molar-refractivity contribution in [1.29, 1.82) is 0 Å². The highest BCUT2D eigenvalue weighted by molar-refractivity contribution is 5.28. The Morgan fingerprint density at radius 2 is 2.24 bits per heavy atom. The molecule has 3 nitrogen and oxygen atoms in total. The highest BCUT2D eigenvalue weighted by Gasteiger charge is 2.34. The van der Waals surface area contributed by atoms with E-state index in [-0.39, 0.29) is 18.8 Å². The molecule has 1 aromatic rings. The zero-order valence-corrected chi connectivity index (χ0v) is 10.3. The zero-order chi connectivity index (χ0) is 12.3. The van der Waals surface area contributed by atoms with E-state index < -0.39 is 0 Å². The summed E-state index contributed by atoms with van der Waals surface area (Å²) in [4.78, 5) is 0. The fourth-order valence-corrected chi connectivity index (χ4v) is 2.04. The molecule has 0 amide bonds. The summed E-state index contributed by atoms with van der Waals surface area (Å²) in [5.74, 6) is 1.33. The summed E-state index contributed by atoms with van der Waals surface area (Å²) >= 11 is 0. The maximum absolute atomic E-state index is 9.36. The Morgan fingerprint density at radius 3 is 2.82 bits per heavy atom. The third kappa shape index (κ3) is 3.20. The smallest absolute Gasteiger partial charge is 0.137 e. The topological polar surface area (TPSA) is 55.5 Å². The Hall–Kier alpha value is -1.06. The van der Waals surface area contributed by atoms with Crippen molar-refractivity contribution in [3.8, 4) is 5.75 Å². The van der Waals surface area contributed by atoms with E-state index >= 15 is 0 Å². The molecule has 0 heterocycles. The number of aryl methyl sites for hydroxylation is 1. The van der Waals surface area contributed by atoms with E-state index in [4.69, 9.17) is 10.5 Å². The van der Waals surface area contributed by atoms with E-state index in [9.17, 15) is 5.11 Å². The maximum atomic E-state index is 9.36. The van der Waals surface area contributed by atoms with Crippen molar-refractivity contribution in [2.24, 2.45) is 11.7 Å². The number of aliphatic hydroxyl groups is 1. The predicted octanol–water partition coefficient (Wildman–Crippen LogP) is 1.73. The first-order chi connectivity index (χ1) is 8.24. The third-order valence-electron chi connectivity index (χ3n) is 3.37. The van der Waals surface area contributed by atoms with Crippen LogP contribution in [-0.2, 0) is 6.42 Å². The zero-order valence-electron chi connectivity index (χ0n) is 10.3. The van der Waals surface area contributed by atoms with Gasteiger partial charge in [0.25, 0.3) is 0 Å². The first-order valence-electron chi connectivity index (χ1n) is 6.36. The molecule has 1 aliphatic carbocycles. The largest absolute Gasteiger partial charge is 0.486 e. The van der Waals surface area contributed by atoms with Gasteiger partial charge < -0.3 is 15.6 Å². The normalized spacial score (nSPS) is 18.8. The lowest BCUT2D eigenvalue weighted by molar-refractivity contribution is 0.0882. The Kier molecular flexibility index (Phi) is 4.02. The lowest BCUT2D eigenvalue weighted by Crippen LogP contribution is -2.43. The molecule has 1 aromatic carbocycles. The highest BCUT2D eigenvalue weighted by atomic mass is 16.5. The van der Waals surface area contributed by atoms with Crippen LogP contribution in [0.5, 0.6) is 5.75 Å². The monoisotopic (exact) mass is 235 g/mol. The molecule has 0 saturated heterocycles. The molecular weight excluding hydrogens is 214 g/mol. The van der Waals surface area contributed by atoms with Crippen LogP contribution in [0.2, 0.25) is 0 Å². The average molecular weight is 235 g/mol. The molecule has 1 fully saturated rings. The van der Waals surface area contributed by atoms with Crippen molar-refractivity contribution in [2.75, 3.05) is 6.61 Å². The first kappa shape index (κ1) is 12.4. The van der Waals surface area contributed by atoms with Crippen molar-refractivity contribution in [1.82, 2.24) is 0 Å². The van der Waals surface area contributed by atoms with Gasteiger partial charge >= 0.3 is 0 Å². The van der Waals surface area contributed by atoms with E-state index in [0.29, 0.717) is 5.92 Å². The summed E-state index contributed by atoms with van der Waals surface area (Å²) in [5, 5.41) is 9.36. The van der Waals surface area contributed by atoms with E-state index in [1.165, 1.54) is 5.56 Å². The number of nitrogens with two attached hydrogens (primary N) is 1. The van der Waals surface area contributed by atoms with Gasteiger partial charge in [0.1, 0.15) is 11.9 Å². The number of benzene rings is 1. The van der Waals surface area contributed by atoms with Gasteiger partial charge in [0.2, 0.25) is 0 Å². The maximum Gasteiger partial charge on any atom is 0.137 e. The number of aliphatic hydroxyl groups excluding tert-OH is 1. The van der Waals surface area contributed by atoms with Crippen LogP contribution >= 0.6 is 0 Å². The minimum absolute atomic E-state index is 0.0198. The van der Waals surface area contributed by atoms with Crippen molar-refractivity contribution in [3.05, 3.63) is 29.8 Å². The molecule has 3 heteroatoms. The van der Waals surface area contributed by atoms with Gasteiger partial charge in [-0.05, 0) is 42.9 Å². The molecule has 2 unspecified atom stereocenters. The van der Waals surface area contributed by atoms with Crippen LogP contribution in [0.4, 0.5) is 0 Å². The Balaban J connectivity index is 2.01. The van der Waals surface area contributed by atoms with E-state index in [1.807, 2.05) is 18.2 Å². The minimum Gasteiger partial charge on any atom is -0.486 e. The fourth-order valence-electron chi connectivity index (χ4n) is 2.04. The highest BCUT2D eigenvalue weighted by Crippen LogP contribution is 2.33. The quantitative estimate of drug-likeness (QED) is 0.789. The van der Waals surface area contributed by atoms with Gasteiger partial charge in [0.15, 0.2) is 0 Å². The minimum atomic E-state index is -0.283. The van der Waals surface area contributed by atoms with Crippen LogP contribution in [0.3, 0.4) is 0 Å². The van der Waals surface area contributed by atoms with Crippen LogP contribution in [0.25, 0.3) is 0 Å². The molecule has 2 rings (SSSR count). The second kappa shape index (κ2) is 5.52. The molecule has 0 radical (unpaired) electrons. The number of hydrogen-bond acceptors (Lipinski definition) is 3. The Bertz CT molecular complexity index is 363. The molecule has 0 aliphatic heterocycles. The molecule has 1 saturated carbocycles. The summed E-state index contributed by atoms with van der Waals surface area (Å²) < 4.78 is 5.79. The van der Waals surface area contributed by atoms with Crippen LogP contribution < -0.4 is 10.5 Å². The van der Waals surface area contributed by atoms with Crippen LogP contribution in [-0.4, -0.2) is 23.9 Å². The fraction of sp³-hybridized carbons (Fsp3) is 0.571. The number of rotatable bonds is 6. The SMILES string of the molecule is CCc1cccc(OC(CO)C(N)C2CC2)c1. The summed E-state index contributed by atoms with van der Waals surface area (Å²) in [6, 6.07) is 7.93. The van der Waals surface area contributed by atoms with Crippen LogP contribution in [0, 0.1) is 5.92 Å². The average Bonchev–Trinajstić information content (AvgIpc) is 3.19.